The fourth-order valence-electron chi connectivity index (χ4n) is 8.71. The van der Waals surface area contributed by atoms with Gasteiger partial charge in [0, 0.05) is 39.3 Å². The van der Waals surface area contributed by atoms with Crippen molar-refractivity contribution in [3.63, 3.8) is 0 Å². The maximum absolute atomic E-state index is 5.27. The van der Waals surface area contributed by atoms with Crippen LogP contribution >= 0.6 is 0 Å². The molecule has 0 unspecified atom stereocenters. The molecule has 0 amide bonds. The quantitative estimate of drug-likeness (QED) is 0.164. The minimum atomic E-state index is 0.962. The molecule has 9 aromatic carbocycles. The molecule has 2 aromatic heterocycles. The molecule has 0 saturated heterocycles. The number of fused-ring (bicyclic) bond motifs is 6. The van der Waals surface area contributed by atoms with E-state index in [0.717, 1.165) is 28.1 Å². The largest absolute Gasteiger partial charge is 0.309 e. The maximum Gasteiger partial charge on any atom is 0.0714 e. The minimum absolute atomic E-state index is 0.962. The van der Waals surface area contributed by atoms with Gasteiger partial charge < -0.3 is 4.57 Å². The monoisotopic (exact) mass is 698 g/mol. The molecule has 11 rings (SSSR count). The number of hydrogen-bond acceptors (Lipinski definition) is 1. The summed E-state index contributed by atoms with van der Waals surface area (Å²) in [5.41, 5.74) is 12.8. The summed E-state index contributed by atoms with van der Waals surface area (Å²) in [6.45, 7) is 0. The Hall–Kier alpha value is -7.29. The lowest BCUT2D eigenvalue weighted by atomic mass is 9.87. The predicted octanol–water partition coefficient (Wildman–Crippen LogP) is 14.3. The first-order valence-corrected chi connectivity index (χ1v) is 18.9. The lowest BCUT2D eigenvalue weighted by molar-refractivity contribution is 1.18. The van der Waals surface area contributed by atoms with Gasteiger partial charge in [-0.3, -0.25) is 4.98 Å². The predicted molar refractivity (Wildman–Crippen MR) is 233 cm³/mol. The molecule has 0 radical (unpaired) electrons. The van der Waals surface area contributed by atoms with Crippen LogP contribution in [-0.2, 0) is 0 Å². The van der Waals surface area contributed by atoms with Crippen LogP contribution in [0.4, 0.5) is 0 Å². The first-order valence-electron chi connectivity index (χ1n) is 18.9. The number of benzene rings is 9. The first-order chi connectivity index (χ1) is 27.3. The highest BCUT2D eigenvalue weighted by Gasteiger charge is 2.20. The summed E-state index contributed by atoms with van der Waals surface area (Å²) >= 11 is 0. The lowest BCUT2D eigenvalue weighted by Gasteiger charge is -2.18. The summed E-state index contributed by atoms with van der Waals surface area (Å²) in [5.74, 6) is 0. The van der Waals surface area contributed by atoms with E-state index < -0.39 is 0 Å². The second-order valence-electron chi connectivity index (χ2n) is 14.3. The molecule has 0 aliphatic heterocycles. The van der Waals surface area contributed by atoms with Gasteiger partial charge in [0.25, 0.3) is 0 Å². The van der Waals surface area contributed by atoms with Crippen LogP contribution in [-0.4, -0.2) is 9.55 Å². The molecule has 0 bridgehead atoms. The average Bonchev–Trinajstić information content (AvgIpc) is 3.59. The maximum atomic E-state index is 5.27. The highest BCUT2D eigenvalue weighted by Crippen LogP contribution is 2.44. The molecular weight excluding hydrogens is 665 g/mol. The summed E-state index contributed by atoms with van der Waals surface area (Å²) in [5, 5.41) is 9.79. The van der Waals surface area contributed by atoms with Crippen LogP contribution in [0.3, 0.4) is 0 Å². The molecule has 0 spiro atoms. The van der Waals surface area contributed by atoms with Gasteiger partial charge in [-0.25, -0.2) is 0 Å². The molecule has 2 heterocycles. The van der Waals surface area contributed by atoms with Crippen molar-refractivity contribution in [2.75, 3.05) is 0 Å². The van der Waals surface area contributed by atoms with Gasteiger partial charge in [-0.15, -0.1) is 0 Å². The Morgan fingerprint density at radius 3 is 1.53 bits per heavy atom. The van der Waals surface area contributed by atoms with Crippen molar-refractivity contribution in [2.24, 2.45) is 0 Å². The van der Waals surface area contributed by atoms with E-state index >= 15 is 0 Å². The molecule has 256 valence electrons. The van der Waals surface area contributed by atoms with Crippen molar-refractivity contribution >= 4 is 54.1 Å². The number of pyridine rings is 1. The second kappa shape index (κ2) is 12.7. The summed E-state index contributed by atoms with van der Waals surface area (Å²) in [4.78, 5) is 5.27. The van der Waals surface area contributed by atoms with Gasteiger partial charge in [0.15, 0.2) is 0 Å². The van der Waals surface area contributed by atoms with Crippen LogP contribution in [0.2, 0.25) is 0 Å². The van der Waals surface area contributed by atoms with Crippen molar-refractivity contribution in [2.45, 2.75) is 0 Å². The van der Waals surface area contributed by atoms with Crippen molar-refractivity contribution in [1.82, 2.24) is 9.55 Å². The Labute approximate surface area is 319 Å². The number of nitrogens with zero attached hydrogens (tertiary/aromatic N) is 2. The normalized spacial score (nSPS) is 11.6. The number of para-hydroxylation sites is 2. The molecule has 0 N–H and O–H groups in total. The molecule has 55 heavy (non-hydrogen) atoms. The number of hydrogen-bond donors (Lipinski definition) is 0. The SMILES string of the molecule is c1ccc(-c2ccc(-c3c4ccccc4c(-c4ccc(-c5cccc6c7cc8ccccc8cc7n(-c7ccccc7)c56)cn4)c4ccccc34)cc2)cc1. The van der Waals surface area contributed by atoms with Crippen LogP contribution in [0.1, 0.15) is 0 Å². The summed E-state index contributed by atoms with van der Waals surface area (Å²) in [6, 6.07) is 72.3. The smallest absolute Gasteiger partial charge is 0.0714 e. The van der Waals surface area contributed by atoms with E-state index in [-0.39, 0.29) is 0 Å². The highest BCUT2D eigenvalue weighted by atomic mass is 15.0. The van der Waals surface area contributed by atoms with Crippen LogP contribution in [0.25, 0.3) is 104 Å². The standard InChI is InChI=1S/C53H34N2/c1-3-14-35(15-4-1)36-26-28-37(29-27-36)51-43-20-9-11-22-45(43)52(46-23-12-10-21-44(46)51)49-31-30-40(34-54-49)42-24-13-25-47-48-32-38-16-7-8-17-39(38)33-50(48)55(53(42)47)41-18-5-2-6-19-41/h1-34H. The van der Waals surface area contributed by atoms with E-state index in [9.17, 15) is 0 Å². The van der Waals surface area contributed by atoms with Gasteiger partial charge in [0.2, 0.25) is 0 Å². The Morgan fingerprint density at radius 2 is 0.873 bits per heavy atom. The van der Waals surface area contributed by atoms with Crippen LogP contribution < -0.4 is 0 Å². The fourth-order valence-corrected chi connectivity index (χ4v) is 8.71. The summed E-state index contributed by atoms with van der Waals surface area (Å²) in [6.07, 6.45) is 2.06. The molecular formula is C53H34N2. The zero-order valence-electron chi connectivity index (χ0n) is 30.0. The molecule has 11 aromatic rings. The Kier molecular flexibility index (Phi) is 7.21. The number of rotatable bonds is 5. The van der Waals surface area contributed by atoms with E-state index in [2.05, 4.69) is 211 Å². The van der Waals surface area contributed by atoms with Crippen molar-refractivity contribution in [1.29, 1.82) is 0 Å². The zero-order valence-corrected chi connectivity index (χ0v) is 30.0. The summed E-state index contributed by atoms with van der Waals surface area (Å²) < 4.78 is 2.42. The third-order valence-corrected chi connectivity index (χ3v) is 11.2. The van der Waals surface area contributed by atoms with Crippen LogP contribution in [0, 0.1) is 0 Å². The van der Waals surface area contributed by atoms with Gasteiger partial charge in [-0.05, 0) is 84.9 Å². The minimum Gasteiger partial charge on any atom is -0.309 e. The van der Waals surface area contributed by atoms with Crippen molar-refractivity contribution in [3.8, 4) is 50.3 Å². The number of aromatic nitrogens is 2. The second-order valence-corrected chi connectivity index (χ2v) is 14.3. The van der Waals surface area contributed by atoms with Gasteiger partial charge >= 0.3 is 0 Å². The molecule has 2 nitrogen and oxygen atoms in total. The van der Waals surface area contributed by atoms with Crippen LogP contribution in [0.15, 0.2) is 206 Å². The Balaban J connectivity index is 1.09. The van der Waals surface area contributed by atoms with Gasteiger partial charge in [-0.2, -0.15) is 0 Å². The van der Waals surface area contributed by atoms with Crippen LogP contribution in [0.5, 0.6) is 0 Å². The van der Waals surface area contributed by atoms with E-state index in [0.29, 0.717) is 0 Å². The van der Waals surface area contributed by atoms with Gasteiger partial charge in [0.1, 0.15) is 0 Å². The third kappa shape index (κ3) is 5.07. The molecule has 0 aliphatic rings. The average molecular weight is 699 g/mol. The molecule has 0 atom stereocenters. The lowest BCUT2D eigenvalue weighted by Crippen LogP contribution is -1.96. The van der Waals surface area contributed by atoms with Gasteiger partial charge in [0.05, 0.1) is 16.7 Å². The molecule has 0 aliphatic carbocycles. The Bertz CT molecular complexity index is 3160. The first kappa shape index (κ1) is 31.3. The van der Waals surface area contributed by atoms with E-state index in [1.54, 1.807) is 0 Å². The van der Waals surface area contributed by atoms with Gasteiger partial charge in [-0.1, -0.05) is 170 Å². The zero-order chi connectivity index (χ0) is 36.3. The highest BCUT2D eigenvalue weighted by molar-refractivity contribution is 6.21. The molecule has 0 saturated carbocycles. The third-order valence-electron chi connectivity index (χ3n) is 11.2. The van der Waals surface area contributed by atoms with E-state index in [4.69, 9.17) is 4.98 Å². The van der Waals surface area contributed by atoms with Crippen molar-refractivity contribution < 1.29 is 0 Å². The molecule has 0 fully saturated rings. The summed E-state index contributed by atoms with van der Waals surface area (Å²) in [7, 11) is 0. The van der Waals surface area contributed by atoms with E-state index in [1.807, 2.05) is 0 Å². The van der Waals surface area contributed by atoms with Crippen molar-refractivity contribution in [3.05, 3.63) is 206 Å². The topological polar surface area (TPSA) is 17.8 Å². The van der Waals surface area contributed by atoms with E-state index in [1.165, 1.54) is 76.4 Å². The molecule has 2 heteroatoms. The fraction of sp³-hybridized carbons (Fsp3) is 0. The Morgan fingerprint density at radius 1 is 0.345 bits per heavy atom.